The Labute approximate surface area is 102 Å². The van der Waals surface area contributed by atoms with Crippen LogP contribution in [0.3, 0.4) is 0 Å². The van der Waals surface area contributed by atoms with E-state index in [0.29, 0.717) is 6.42 Å². The zero-order valence-corrected chi connectivity index (χ0v) is 10.1. The molecule has 92 valence electrons. The van der Waals surface area contributed by atoms with Crippen LogP contribution < -0.4 is 11.1 Å². The molecule has 0 aromatic heterocycles. The van der Waals surface area contributed by atoms with Crippen LogP contribution >= 0.6 is 0 Å². The molecule has 1 aliphatic rings. The van der Waals surface area contributed by atoms with Gasteiger partial charge in [-0.3, -0.25) is 4.79 Å². The number of hydrogen-bond acceptors (Lipinski definition) is 2. The van der Waals surface area contributed by atoms with Crippen molar-refractivity contribution in [1.29, 1.82) is 0 Å². The Bertz CT molecular complexity index is 364. The highest BCUT2D eigenvalue weighted by molar-refractivity contribution is 5.78. The molecule has 0 bridgehead atoms. The third kappa shape index (κ3) is 3.56. The zero-order valence-electron chi connectivity index (χ0n) is 10.1. The fraction of sp³-hybridized carbons (Fsp3) is 0.500. The molecule has 1 aliphatic carbocycles. The van der Waals surface area contributed by atoms with Crippen LogP contribution in [-0.4, -0.2) is 18.0 Å². The minimum Gasteiger partial charge on any atom is -0.352 e. The monoisotopic (exact) mass is 232 g/mol. The Morgan fingerprint density at radius 1 is 1.24 bits per heavy atom. The Kier molecular flexibility index (Phi) is 4.15. The molecular weight excluding hydrogens is 212 g/mol. The van der Waals surface area contributed by atoms with Crippen molar-refractivity contribution in [2.24, 2.45) is 5.73 Å². The van der Waals surface area contributed by atoms with Crippen LogP contribution in [0.2, 0.25) is 0 Å². The molecular formula is C14H20N2O. The fourth-order valence-electron chi connectivity index (χ4n) is 2.38. The molecule has 0 aliphatic heterocycles. The second-order valence-electron chi connectivity index (χ2n) is 4.78. The van der Waals surface area contributed by atoms with Gasteiger partial charge < -0.3 is 11.1 Å². The third-order valence-corrected chi connectivity index (χ3v) is 3.37. The maximum absolute atomic E-state index is 11.9. The summed E-state index contributed by atoms with van der Waals surface area (Å²) in [5, 5.41) is 3.05. The van der Waals surface area contributed by atoms with Crippen molar-refractivity contribution in [3.05, 3.63) is 35.9 Å². The van der Waals surface area contributed by atoms with E-state index in [-0.39, 0.29) is 18.0 Å². The first-order chi connectivity index (χ1) is 8.25. The number of rotatable bonds is 3. The van der Waals surface area contributed by atoms with Crippen molar-refractivity contribution in [3.8, 4) is 0 Å². The van der Waals surface area contributed by atoms with Gasteiger partial charge in [0.05, 0.1) is 6.42 Å². The summed E-state index contributed by atoms with van der Waals surface area (Å²) in [6.45, 7) is 0. The van der Waals surface area contributed by atoms with Gasteiger partial charge in [-0.05, 0) is 18.4 Å². The van der Waals surface area contributed by atoms with Gasteiger partial charge in [-0.25, -0.2) is 0 Å². The Morgan fingerprint density at radius 3 is 2.65 bits per heavy atom. The molecule has 17 heavy (non-hydrogen) atoms. The lowest BCUT2D eigenvalue weighted by Gasteiger charge is -2.29. The van der Waals surface area contributed by atoms with Crippen molar-refractivity contribution < 1.29 is 4.79 Å². The summed E-state index contributed by atoms with van der Waals surface area (Å²) < 4.78 is 0. The lowest BCUT2D eigenvalue weighted by Crippen LogP contribution is -2.49. The summed E-state index contributed by atoms with van der Waals surface area (Å²) in [7, 11) is 0. The van der Waals surface area contributed by atoms with E-state index < -0.39 is 0 Å². The number of benzene rings is 1. The van der Waals surface area contributed by atoms with E-state index in [0.717, 1.165) is 18.4 Å². The fourth-order valence-corrected chi connectivity index (χ4v) is 2.38. The average Bonchev–Trinajstić information content (AvgIpc) is 2.33. The summed E-state index contributed by atoms with van der Waals surface area (Å²) in [6, 6.07) is 10.1. The first kappa shape index (κ1) is 12.1. The Morgan fingerprint density at radius 2 is 1.94 bits per heavy atom. The van der Waals surface area contributed by atoms with E-state index in [9.17, 15) is 4.79 Å². The lowest BCUT2D eigenvalue weighted by molar-refractivity contribution is -0.121. The summed E-state index contributed by atoms with van der Waals surface area (Å²) >= 11 is 0. The van der Waals surface area contributed by atoms with E-state index in [1.165, 1.54) is 12.8 Å². The first-order valence-corrected chi connectivity index (χ1v) is 6.34. The molecule has 3 N–H and O–H groups in total. The number of carbonyl (C=O) groups excluding carboxylic acids is 1. The minimum absolute atomic E-state index is 0.0820. The Balaban J connectivity index is 1.84. The summed E-state index contributed by atoms with van der Waals surface area (Å²) in [5.74, 6) is 0.0820. The number of hydrogen-bond donors (Lipinski definition) is 2. The third-order valence-electron chi connectivity index (χ3n) is 3.37. The van der Waals surface area contributed by atoms with Crippen molar-refractivity contribution in [2.45, 2.75) is 44.2 Å². The van der Waals surface area contributed by atoms with E-state index in [1.807, 2.05) is 30.3 Å². The van der Waals surface area contributed by atoms with Gasteiger partial charge in [0.25, 0.3) is 0 Å². The second kappa shape index (κ2) is 5.82. The molecule has 0 radical (unpaired) electrons. The van der Waals surface area contributed by atoms with Crippen molar-refractivity contribution in [1.82, 2.24) is 5.32 Å². The first-order valence-electron chi connectivity index (χ1n) is 6.34. The van der Waals surface area contributed by atoms with Crippen molar-refractivity contribution in [2.75, 3.05) is 0 Å². The van der Waals surface area contributed by atoms with Gasteiger partial charge in [0, 0.05) is 12.1 Å². The van der Waals surface area contributed by atoms with Crippen molar-refractivity contribution in [3.63, 3.8) is 0 Å². The van der Waals surface area contributed by atoms with Crippen LogP contribution in [0.5, 0.6) is 0 Å². The molecule has 0 saturated heterocycles. The average molecular weight is 232 g/mol. The minimum atomic E-state index is 0.0820. The number of carbonyl (C=O) groups is 1. The maximum atomic E-state index is 11.9. The zero-order chi connectivity index (χ0) is 12.1. The van der Waals surface area contributed by atoms with E-state index in [1.54, 1.807) is 0 Å². The van der Waals surface area contributed by atoms with Gasteiger partial charge in [0.2, 0.25) is 5.91 Å². The standard InChI is InChI=1S/C14H20N2O/c15-12-8-4-5-9-13(12)16-14(17)10-11-6-2-1-3-7-11/h1-3,6-7,12-13H,4-5,8-10,15H2,(H,16,17)/t12-,13-/m0/s1. The van der Waals surface area contributed by atoms with Crippen LogP contribution in [0.25, 0.3) is 0 Å². The van der Waals surface area contributed by atoms with E-state index in [4.69, 9.17) is 5.73 Å². The molecule has 0 spiro atoms. The maximum Gasteiger partial charge on any atom is 0.224 e. The summed E-state index contributed by atoms with van der Waals surface area (Å²) in [5.41, 5.74) is 7.06. The second-order valence-corrected chi connectivity index (χ2v) is 4.78. The van der Waals surface area contributed by atoms with Gasteiger partial charge in [-0.2, -0.15) is 0 Å². The predicted molar refractivity (Wildman–Crippen MR) is 68.5 cm³/mol. The van der Waals surface area contributed by atoms with Crippen LogP contribution in [0.1, 0.15) is 31.2 Å². The molecule has 1 amide bonds. The largest absolute Gasteiger partial charge is 0.352 e. The van der Waals surface area contributed by atoms with E-state index in [2.05, 4.69) is 5.32 Å². The SMILES string of the molecule is N[C@H]1CCCC[C@@H]1NC(=O)Cc1ccccc1. The molecule has 1 saturated carbocycles. The van der Waals surface area contributed by atoms with Gasteiger partial charge in [-0.15, -0.1) is 0 Å². The Hall–Kier alpha value is -1.35. The quantitative estimate of drug-likeness (QED) is 0.832. The smallest absolute Gasteiger partial charge is 0.224 e. The van der Waals surface area contributed by atoms with Gasteiger partial charge >= 0.3 is 0 Å². The molecule has 0 unspecified atom stereocenters. The molecule has 2 rings (SSSR count). The topological polar surface area (TPSA) is 55.1 Å². The molecule has 1 fully saturated rings. The van der Waals surface area contributed by atoms with Crippen LogP contribution in [0.15, 0.2) is 30.3 Å². The number of nitrogens with one attached hydrogen (secondary N) is 1. The normalized spacial score (nSPS) is 24.3. The van der Waals surface area contributed by atoms with Crippen LogP contribution in [0, 0.1) is 0 Å². The summed E-state index contributed by atoms with van der Waals surface area (Å²) in [6.07, 6.45) is 4.85. The molecule has 1 aromatic carbocycles. The van der Waals surface area contributed by atoms with Crippen LogP contribution in [0.4, 0.5) is 0 Å². The van der Waals surface area contributed by atoms with E-state index >= 15 is 0 Å². The number of nitrogens with two attached hydrogens (primary N) is 1. The summed E-state index contributed by atoms with van der Waals surface area (Å²) in [4.78, 5) is 11.9. The van der Waals surface area contributed by atoms with Gasteiger partial charge in [0.1, 0.15) is 0 Å². The lowest BCUT2D eigenvalue weighted by atomic mass is 9.91. The molecule has 0 heterocycles. The highest BCUT2D eigenvalue weighted by Gasteiger charge is 2.22. The van der Waals surface area contributed by atoms with Crippen molar-refractivity contribution >= 4 is 5.91 Å². The van der Waals surface area contributed by atoms with Gasteiger partial charge in [0.15, 0.2) is 0 Å². The highest BCUT2D eigenvalue weighted by Crippen LogP contribution is 2.16. The predicted octanol–water partition coefficient (Wildman–Crippen LogP) is 1.62. The molecule has 2 atom stereocenters. The van der Waals surface area contributed by atoms with Gasteiger partial charge in [-0.1, -0.05) is 43.2 Å². The molecule has 1 aromatic rings. The molecule has 3 heteroatoms. The highest BCUT2D eigenvalue weighted by atomic mass is 16.1. The number of amides is 1. The van der Waals surface area contributed by atoms with Crippen LogP contribution in [-0.2, 0) is 11.2 Å². The molecule has 3 nitrogen and oxygen atoms in total.